The first-order chi connectivity index (χ1) is 31.6. The van der Waals surface area contributed by atoms with Gasteiger partial charge in [0.05, 0.1) is 34.8 Å². The quantitative estimate of drug-likeness (QED) is 0.0690. The number of hydrogen-bond acceptors (Lipinski definition) is 11. The van der Waals surface area contributed by atoms with Gasteiger partial charge in [-0.25, -0.2) is 9.97 Å². The van der Waals surface area contributed by atoms with Crippen LogP contribution in [0.4, 0.5) is 46.3 Å². The summed E-state index contributed by atoms with van der Waals surface area (Å²) in [6.07, 6.45) is 3.06. The number of aromatic amines is 2. The Hall–Kier alpha value is -7.42. The molecule has 0 fully saturated rings. The second kappa shape index (κ2) is 17.6. The maximum absolute atomic E-state index is 6.67. The van der Waals surface area contributed by atoms with Gasteiger partial charge in [-0.3, -0.25) is 10.2 Å². The number of fused-ring (bicyclic) bond motifs is 2. The highest BCUT2D eigenvalue weighted by Crippen LogP contribution is 2.39. The molecule has 4 aromatic heterocycles. The number of benzene rings is 6. The lowest BCUT2D eigenvalue weighted by molar-refractivity contribution is 0.487. The number of rotatable bonds is 12. The first kappa shape index (κ1) is 41.6. The Morgan fingerprint density at radius 3 is 1.37 bits per heavy atom. The van der Waals surface area contributed by atoms with E-state index in [-0.39, 0.29) is 0 Å². The van der Waals surface area contributed by atoms with Crippen LogP contribution >= 0.6 is 46.4 Å². The highest BCUT2D eigenvalue weighted by molar-refractivity contribution is 6.33. The van der Waals surface area contributed by atoms with Crippen molar-refractivity contribution in [1.82, 2.24) is 40.3 Å². The average Bonchev–Trinajstić information content (AvgIpc) is 3.93. The lowest BCUT2D eigenvalue weighted by Crippen LogP contribution is -2.03. The van der Waals surface area contributed by atoms with Crippen LogP contribution in [-0.4, -0.2) is 40.3 Å². The SMILES string of the molecule is Cc1ccc(-c2n[nH]c3ccc(Nc4ncc(Cl)c(Nc5ccccc5Oc5ccccc5Nc5nc(Nc6ccc7[nH]nc(-c8ccc(C)c(Cl)c8)c7c6)ncc5Cl)n4)cc23)cc1Cl. The molecule has 0 spiro atoms. The number of nitrogens with zero attached hydrogens (tertiary/aromatic N) is 6. The van der Waals surface area contributed by atoms with Crippen LogP contribution in [0.2, 0.25) is 20.1 Å². The molecule has 0 bridgehead atoms. The molecular formula is C48H34Cl4N12O. The van der Waals surface area contributed by atoms with Gasteiger partial charge in [0.15, 0.2) is 23.1 Å². The molecule has 0 saturated carbocycles. The summed E-state index contributed by atoms with van der Waals surface area (Å²) in [4.78, 5) is 18.3. The van der Waals surface area contributed by atoms with Crippen LogP contribution in [0.15, 0.2) is 134 Å². The summed E-state index contributed by atoms with van der Waals surface area (Å²) < 4.78 is 6.54. The number of para-hydroxylation sites is 4. The lowest BCUT2D eigenvalue weighted by atomic mass is 10.1. The minimum absolute atomic E-state index is 0.306. The molecule has 10 aromatic rings. The van der Waals surface area contributed by atoms with Crippen molar-refractivity contribution in [3.63, 3.8) is 0 Å². The third-order valence-corrected chi connectivity index (χ3v) is 11.9. The fraction of sp³-hybridized carbons (Fsp3) is 0.0417. The molecule has 0 saturated heterocycles. The van der Waals surface area contributed by atoms with Crippen molar-refractivity contribution in [2.45, 2.75) is 13.8 Å². The van der Waals surface area contributed by atoms with E-state index in [2.05, 4.69) is 51.6 Å². The molecule has 0 amide bonds. The van der Waals surface area contributed by atoms with Crippen molar-refractivity contribution in [3.8, 4) is 34.0 Å². The summed E-state index contributed by atoms with van der Waals surface area (Å²) in [5.41, 5.74) is 9.79. The van der Waals surface area contributed by atoms with Crippen molar-refractivity contribution >= 4 is 114 Å². The number of halogens is 4. The molecule has 6 N–H and O–H groups in total. The Balaban J connectivity index is 0.862. The van der Waals surface area contributed by atoms with Gasteiger partial charge in [-0.1, -0.05) is 94.9 Å². The highest BCUT2D eigenvalue weighted by atomic mass is 35.5. The van der Waals surface area contributed by atoms with E-state index in [0.717, 1.165) is 66.8 Å². The van der Waals surface area contributed by atoms with Crippen molar-refractivity contribution in [2.75, 3.05) is 21.3 Å². The van der Waals surface area contributed by atoms with Crippen LogP contribution in [-0.2, 0) is 0 Å². The first-order valence-corrected chi connectivity index (χ1v) is 21.6. The third-order valence-electron chi connectivity index (χ3n) is 10.5. The predicted molar refractivity (Wildman–Crippen MR) is 263 cm³/mol. The molecule has 10 rings (SSSR count). The zero-order chi connectivity index (χ0) is 44.6. The Labute approximate surface area is 391 Å². The van der Waals surface area contributed by atoms with Crippen molar-refractivity contribution < 1.29 is 4.74 Å². The van der Waals surface area contributed by atoms with Gasteiger partial charge in [0.25, 0.3) is 0 Å². The Morgan fingerprint density at radius 2 is 0.923 bits per heavy atom. The fourth-order valence-corrected chi connectivity index (χ4v) is 7.72. The Morgan fingerprint density at radius 1 is 0.477 bits per heavy atom. The van der Waals surface area contributed by atoms with Gasteiger partial charge < -0.3 is 26.0 Å². The summed E-state index contributed by atoms with van der Waals surface area (Å²) in [5.74, 6) is 2.37. The number of anilines is 8. The molecule has 13 nitrogen and oxygen atoms in total. The molecule has 6 aromatic carbocycles. The van der Waals surface area contributed by atoms with Gasteiger partial charge in [-0.05, 0) is 97.8 Å². The summed E-state index contributed by atoms with van der Waals surface area (Å²) in [6, 6.07) is 38.3. The summed E-state index contributed by atoms with van der Waals surface area (Å²) in [5, 5.41) is 32.4. The van der Waals surface area contributed by atoms with E-state index in [0.29, 0.717) is 66.5 Å². The molecule has 4 heterocycles. The zero-order valence-corrected chi connectivity index (χ0v) is 37.3. The second-order valence-electron chi connectivity index (χ2n) is 15.0. The van der Waals surface area contributed by atoms with Crippen LogP contribution < -0.4 is 26.0 Å². The number of aromatic nitrogens is 8. The Bertz CT molecular complexity index is 3200. The van der Waals surface area contributed by atoms with E-state index < -0.39 is 0 Å². The van der Waals surface area contributed by atoms with Crippen LogP contribution in [0.25, 0.3) is 44.3 Å². The summed E-state index contributed by atoms with van der Waals surface area (Å²) in [6.45, 7) is 3.93. The molecule has 0 aliphatic heterocycles. The van der Waals surface area contributed by atoms with Gasteiger partial charge in [0.2, 0.25) is 11.9 Å². The van der Waals surface area contributed by atoms with Gasteiger partial charge in [0.1, 0.15) is 21.4 Å². The van der Waals surface area contributed by atoms with Crippen molar-refractivity contribution in [2.24, 2.45) is 0 Å². The van der Waals surface area contributed by atoms with Crippen molar-refractivity contribution in [1.29, 1.82) is 0 Å². The van der Waals surface area contributed by atoms with Gasteiger partial charge in [0, 0.05) is 43.3 Å². The Kier molecular flexibility index (Phi) is 11.3. The number of H-pyrrole nitrogens is 2. The number of hydrogen-bond donors (Lipinski definition) is 6. The van der Waals surface area contributed by atoms with E-state index in [4.69, 9.17) is 61.1 Å². The average molecular weight is 937 g/mol. The summed E-state index contributed by atoms with van der Waals surface area (Å²) in [7, 11) is 0. The first-order valence-electron chi connectivity index (χ1n) is 20.1. The normalized spacial score (nSPS) is 11.2. The summed E-state index contributed by atoms with van der Waals surface area (Å²) >= 11 is 26.2. The van der Waals surface area contributed by atoms with Gasteiger partial charge in [-0.15, -0.1) is 0 Å². The lowest BCUT2D eigenvalue weighted by Gasteiger charge is -2.17. The van der Waals surface area contributed by atoms with Crippen LogP contribution in [0.3, 0.4) is 0 Å². The van der Waals surface area contributed by atoms with Gasteiger partial charge >= 0.3 is 0 Å². The number of ether oxygens (including phenoxy) is 1. The third kappa shape index (κ3) is 8.78. The smallest absolute Gasteiger partial charge is 0.229 e. The molecule has 0 unspecified atom stereocenters. The fourth-order valence-electron chi connectivity index (χ4n) is 7.08. The molecule has 0 atom stereocenters. The minimum atomic E-state index is 0.306. The molecule has 17 heteroatoms. The van der Waals surface area contributed by atoms with Crippen molar-refractivity contribution in [3.05, 3.63) is 165 Å². The molecule has 0 aliphatic carbocycles. The number of nitrogens with one attached hydrogen (secondary N) is 6. The predicted octanol–water partition coefficient (Wildman–Crippen LogP) is 14.4. The van der Waals surface area contributed by atoms with E-state index >= 15 is 0 Å². The van der Waals surface area contributed by atoms with E-state index in [9.17, 15) is 0 Å². The maximum Gasteiger partial charge on any atom is 0.229 e. The topological polar surface area (TPSA) is 166 Å². The van der Waals surface area contributed by atoms with Crippen LogP contribution in [0, 0.1) is 13.8 Å². The van der Waals surface area contributed by atoms with Crippen LogP contribution in [0.1, 0.15) is 11.1 Å². The van der Waals surface area contributed by atoms with Gasteiger partial charge in [-0.2, -0.15) is 20.2 Å². The number of aryl methyl sites for hydroxylation is 2. The second-order valence-corrected chi connectivity index (χ2v) is 16.6. The van der Waals surface area contributed by atoms with E-state index in [1.165, 1.54) is 12.4 Å². The van der Waals surface area contributed by atoms with E-state index in [1.54, 1.807) is 0 Å². The molecule has 0 aliphatic rings. The van der Waals surface area contributed by atoms with E-state index in [1.807, 2.05) is 135 Å². The minimum Gasteiger partial charge on any atom is -0.453 e. The largest absolute Gasteiger partial charge is 0.453 e. The molecule has 320 valence electrons. The standard InChI is InChI=1S/C48H34Cl4N12O/c1-25-11-13-27(19-33(25)49)43-31-21-29(15-17-37(31)61-63-43)55-47-53-23-35(51)45(59-47)57-39-7-3-5-9-41(39)65-42-10-6-4-8-40(42)58-46-36(52)24-54-48(60-46)56-30-16-18-38-32(22-30)44(64-62-38)28-14-12-26(2)34(50)20-28/h3-24H,1-2H3,(H,61,63)(H,62,64)(H2,53,55,57,59)(H2,54,56,58,60). The zero-order valence-electron chi connectivity index (χ0n) is 34.3. The molecular weight excluding hydrogens is 902 g/mol. The highest BCUT2D eigenvalue weighted by Gasteiger charge is 2.17. The monoisotopic (exact) mass is 934 g/mol. The molecule has 65 heavy (non-hydrogen) atoms. The van der Waals surface area contributed by atoms with Crippen LogP contribution in [0.5, 0.6) is 11.5 Å². The maximum atomic E-state index is 6.67. The molecule has 0 radical (unpaired) electrons.